The van der Waals surface area contributed by atoms with Crippen molar-refractivity contribution in [2.45, 2.75) is 39.8 Å². The lowest BCUT2D eigenvalue weighted by Crippen LogP contribution is -2.16. The highest BCUT2D eigenvalue weighted by Crippen LogP contribution is 2.24. The van der Waals surface area contributed by atoms with Gasteiger partial charge in [0.2, 0.25) is 0 Å². The first-order valence-electron chi connectivity index (χ1n) is 5.91. The van der Waals surface area contributed by atoms with Crippen molar-refractivity contribution in [3.63, 3.8) is 0 Å². The van der Waals surface area contributed by atoms with E-state index < -0.39 is 0 Å². The van der Waals surface area contributed by atoms with Crippen molar-refractivity contribution in [1.29, 1.82) is 0 Å². The standard InChI is InChI=1S/C13H18N2S2/c1-4-11-5-6-12(17-11)9(2)14-7-13-10(3)15-8-16-13/h5-6,8-9,14H,4,7H2,1-3H3. The summed E-state index contributed by atoms with van der Waals surface area (Å²) in [5.74, 6) is 0. The van der Waals surface area contributed by atoms with Crippen LogP contribution in [-0.4, -0.2) is 4.98 Å². The van der Waals surface area contributed by atoms with Gasteiger partial charge in [0.15, 0.2) is 0 Å². The van der Waals surface area contributed by atoms with Crippen molar-refractivity contribution in [3.8, 4) is 0 Å². The Morgan fingerprint density at radius 3 is 2.82 bits per heavy atom. The minimum absolute atomic E-state index is 0.418. The number of nitrogens with one attached hydrogen (secondary N) is 1. The predicted molar refractivity (Wildman–Crippen MR) is 75.8 cm³/mol. The summed E-state index contributed by atoms with van der Waals surface area (Å²) in [6, 6.07) is 4.89. The highest BCUT2D eigenvalue weighted by molar-refractivity contribution is 7.12. The molecule has 0 fully saturated rings. The van der Waals surface area contributed by atoms with Crippen LogP contribution in [0.25, 0.3) is 0 Å². The molecular weight excluding hydrogens is 248 g/mol. The Bertz CT molecular complexity index is 473. The van der Waals surface area contributed by atoms with E-state index in [0.29, 0.717) is 6.04 Å². The summed E-state index contributed by atoms with van der Waals surface area (Å²) in [5, 5.41) is 3.56. The molecule has 0 saturated carbocycles. The number of hydrogen-bond acceptors (Lipinski definition) is 4. The highest BCUT2D eigenvalue weighted by atomic mass is 32.1. The Morgan fingerprint density at radius 2 is 2.24 bits per heavy atom. The smallest absolute Gasteiger partial charge is 0.0798 e. The molecule has 0 radical (unpaired) electrons. The van der Waals surface area contributed by atoms with Gasteiger partial charge in [-0.1, -0.05) is 6.92 Å². The fourth-order valence-electron chi connectivity index (χ4n) is 1.66. The summed E-state index contributed by atoms with van der Waals surface area (Å²) in [7, 11) is 0. The Labute approximate surface area is 111 Å². The van der Waals surface area contributed by atoms with Crippen LogP contribution in [0.15, 0.2) is 17.6 Å². The molecule has 1 atom stereocenters. The van der Waals surface area contributed by atoms with Crippen molar-refractivity contribution in [2.24, 2.45) is 0 Å². The second-order valence-electron chi connectivity index (χ2n) is 4.12. The van der Waals surface area contributed by atoms with Gasteiger partial charge >= 0.3 is 0 Å². The third-order valence-corrected chi connectivity index (χ3v) is 5.22. The van der Waals surface area contributed by atoms with Gasteiger partial charge in [0, 0.05) is 27.2 Å². The van der Waals surface area contributed by atoms with E-state index in [4.69, 9.17) is 0 Å². The monoisotopic (exact) mass is 266 g/mol. The number of thiophene rings is 1. The average Bonchev–Trinajstić information content (AvgIpc) is 2.94. The molecule has 2 aromatic rings. The van der Waals surface area contributed by atoms with Crippen LogP contribution >= 0.6 is 22.7 Å². The first-order chi connectivity index (χ1) is 8.20. The molecule has 0 aliphatic rings. The van der Waals surface area contributed by atoms with E-state index in [1.54, 1.807) is 11.3 Å². The number of aromatic nitrogens is 1. The van der Waals surface area contributed by atoms with Crippen LogP contribution in [0.1, 0.15) is 40.2 Å². The molecule has 1 unspecified atom stereocenters. The lowest BCUT2D eigenvalue weighted by molar-refractivity contribution is 0.585. The molecule has 2 nitrogen and oxygen atoms in total. The van der Waals surface area contributed by atoms with Crippen LogP contribution in [0.2, 0.25) is 0 Å². The largest absolute Gasteiger partial charge is 0.304 e. The van der Waals surface area contributed by atoms with Crippen LogP contribution in [0.4, 0.5) is 0 Å². The molecule has 0 spiro atoms. The van der Waals surface area contributed by atoms with E-state index in [2.05, 4.69) is 43.2 Å². The van der Waals surface area contributed by atoms with E-state index in [9.17, 15) is 0 Å². The first kappa shape index (κ1) is 12.7. The maximum atomic E-state index is 4.27. The van der Waals surface area contributed by atoms with E-state index in [-0.39, 0.29) is 0 Å². The fourth-order valence-corrected chi connectivity index (χ4v) is 3.37. The van der Waals surface area contributed by atoms with Gasteiger partial charge < -0.3 is 5.32 Å². The SMILES string of the molecule is CCc1ccc(C(C)NCc2scnc2C)s1. The van der Waals surface area contributed by atoms with Crippen LogP contribution in [0.5, 0.6) is 0 Å². The van der Waals surface area contributed by atoms with Crippen LogP contribution in [-0.2, 0) is 13.0 Å². The normalized spacial score (nSPS) is 12.9. The third kappa shape index (κ3) is 3.15. The molecule has 2 heterocycles. The van der Waals surface area contributed by atoms with E-state index >= 15 is 0 Å². The number of thiazole rings is 1. The summed E-state index contributed by atoms with van der Waals surface area (Å²) in [6.07, 6.45) is 1.13. The zero-order chi connectivity index (χ0) is 12.3. The van der Waals surface area contributed by atoms with Crippen LogP contribution < -0.4 is 5.32 Å². The Balaban J connectivity index is 1.93. The molecule has 0 aliphatic heterocycles. The van der Waals surface area contributed by atoms with Gasteiger partial charge in [-0.2, -0.15) is 0 Å². The van der Waals surface area contributed by atoms with Crippen molar-refractivity contribution in [1.82, 2.24) is 10.3 Å². The summed E-state index contributed by atoms with van der Waals surface area (Å²) in [5.41, 5.74) is 3.06. The van der Waals surface area contributed by atoms with Gasteiger partial charge in [-0.15, -0.1) is 22.7 Å². The quantitative estimate of drug-likeness (QED) is 0.887. The molecule has 0 saturated heterocycles. The predicted octanol–water partition coefficient (Wildman–Crippen LogP) is 3.93. The Kier molecular flexibility index (Phi) is 4.31. The van der Waals surface area contributed by atoms with Gasteiger partial charge in [-0.25, -0.2) is 4.98 Å². The molecule has 92 valence electrons. The van der Waals surface area contributed by atoms with Crippen LogP contribution in [0.3, 0.4) is 0 Å². The summed E-state index contributed by atoms with van der Waals surface area (Å²) >= 11 is 3.63. The summed E-state index contributed by atoms with van der Waals surface area (Å²) < 4.78 is 0. The number of nitrogens with zero attached hydrogens (tertiary/aromatic N) is 1. The summed E-state index contributed by atoms with van der Waals surface area (Å²) in [4.78, 5) is 8.48. The topological polar surface area (TPSA) is 24.9 Å². The van der Waals surface area contributed by atoms with Crippen molar-refractivity contribution < 1.29 is 0 Å². The maximum absolute atomic E-state index is 4.27. The lowest BCUT2D eigenvalue weighted by atomic mass is 10.2. The molecular formula is C13H18N2S2. The van der Waals surface area contributed by atoms with Crippen molar-refractivity contribution >= 4 is 22.7 Å². The molecule has 0 amide bonds. The minimum atomic E-state index is 0.418. The zero-order valence-corrected chi connectivity index (χ0v) is 12.1. The Morgan fingerprint density at radius 1 is 1.41 bits per heavy atom. The molecule has 0 aliphatic carbocycles. The van der Waals surface area contributed by atoms with Crippen molar-refractivity contribution in [3.05, 3.63) is 38.0 Å². The second-order valence-corrected chi connectivity index (χ2v) is 6.26. The summed E-state index contributed by atoms with van der Waals surface area (Å²) in [6.45, 7) is 7.41. The molecule has 0 bridgehead atoms. The van der Waals surface area contributed by atoms with Gasteiger partial charge in [0.25, 0.3) is 0 Å². The Hall–Kier alpha value is -0.710. The zero-order valence-electron chi connectivity index (χ0n) is 10.5. The van der Waals surface area contributed by atoms with Gasteiger partial charge in [0.05, 0.1) is 11.2 Å². The van der Waals surface area contributed by atoms with Gasteiger partial charge in [0.1, 0.15) is 0 Å². The number of rotatable bonds is 5. The molecule has 1 N–H and O–H groups in total. The molecule has 2 aromatic heterocycles. The molecule has 17 heavy (non-hydrogen) atoms. The van der Waals surface area contributed by atoms with E-state index in [1.807, 2.05) is 16.8 Å². The van der Waals surface area contributed by atoms with E-state index in [1.165, 1.54) is 14.6 Å². The molecule has 2 rings (SSSR count). The second kappa shape index (κ2) is 5.76. The van der Waals surface area contributed by atoms with Gasteiger partial charge in [-0.3, -0.25) is 0 Å². The first-order valence-corrected chi connectivity index (χ1v) is 7.61. The van der Waals surface area contributed by atoms with Gasteiger partial charge in [-0.05, 0) is 32.4 Å². The number of hydrogen-bond donors (Lipinski definition) is 1. The third-order valence-electron chi connectivity index (χ3n) is 2.87. The van der Waals surface area contributed by atoms with Crippen molar-refractivity contribution in [2.75, 3.05) is 0 Å². The van der Waals surface area contributed by atoms with E-state index in [0.717, 1.165) is 18.7 Å². The molecule has 4 heteroatoms. The maximum Gasteiger partial charge on any atom is 0.0798 e. The van der Waals surface area contributed by atoms with Crippen LogP contribution in [0, 0.1) is 6.92 Å². The number of aryl methyl sites for hydroxylation is 2. The lowest BCUT2D eigenvalue weighted by Gasteiger charge is -2.11. The fraction of sp³-hybridized carbons (Fsp3) is 0.462. The average molecular weight is 266 g/mol. The molecule has 0 aromatic carbocycles. The minimum Gasteiger partial charge on any atom is -0.304 e. The highest BCUT2D eigenvalue weighted by Gasteiger charge is 2.09.